The molecule has 0 radical (unpaired) electrons. The molecule has 0 spiro atoms. The molecule has 0 bridgehead atoms. The van der Waals surface area contributed by atoms with Crippen molar-refractivity contribution in [2.24, 2.45) is 0 Å². The first-order valence-corrected chi connectivity index (χ1v) is 14.8. The maximum atomic E-state index is 14.9. The number of halogens is 2. The molecule has 3 atom stereocenters. The summed E-state index contributed by atoms with van der Waals surface area (Å²) in [6.45, 7) is 9.54. The Bertz CT molecular complexity index is 1430. The fourth-order valence-corrected chi connectivity index (χ4v) is 7.41. The van der Waals surface area contributed by atoms with Gasteiger partial charge in [-0.25, -0.2) is 22.2 Å². The molecule has 194 valence electrons. The van der Waals surface area contributed by atoms with Crippen LogP contribution < -0.4 is 4.72 Å². The standard InChI is InChI=1S/C25H29F2N3O3S3/c1-16-29-21-11-17(7-10-22(21)34-16)13-24(5,14-28)36(32,33)15-25(6,30-35(31)23(2,3)4)19-12-18(26)8-9-20(19)27/h7-12,30H,13,15H2,1-6H3/t24?,25-,35+/m0/s1. The van der Waals surface area contributed by atoms with E-state index in [0.717, 1.165) is 27.9 Å². The molecule has 0 fully saturated rings. The molecule has 1 aromatic heterocycles. The van der Waals surface area contributed by atoms with Gasteiger partial charge in [-0.3, -0.25) is 0 Å². The van der Waals surface area contributed by atoms with Gasteiger partial charge in [0.2, 0.25) is 0 Å². The smallest absolute Gasteiger partial charge is 0.171 e. The topological polar surface area (TPSA) is 106 Å². The van der Waals surface area contributed by atoms with Crippen molar-refractivity contribution in [2.45, 2.75) is 63.0 Å². The molecule has 0 aliphatic heterocycles. The Morgan fingerprint density at radius 1 is 1.14 bits per heavy atom. The monoisotopic (exact) mass is 553 g/mol. The number of hydrogen-bond acceptors (Lipinski definition) is 7. The van der Waals surface area contributed by atoms with Crippen LogP contribution >= 0.6 is 11.3 Å². The highest BCUT2D eigenvalue weighted by molar-refractivity contribution is 7.93. The third kappa shape index (κ3) is 5.89. The van der Waals surface area contributed by atoms with Crippen molar-refractivity contribution in [2.75, 3.05) is 5.75 Å². The minimum Gasteiger partial charge on any atom is -0.598 e. The van der Waals surface area contributed by atoms with Gasteiger partial charge in [0.25, 0.3) is 0 Å². The maximum Gasteiger partial charge on any atom is 0.171 e. The van der Waals surface area contributed by atoms with Gasteiger partial charge in [-0.15, -0.1) is 16.1 Å². The van der Waals surface area contributed by atoms with Crippen molar-refractivity contribution < 1.29 is 21.8 Å². The highest BCUT2D eigenvalue weighted by atomic mass is 32.2. The van der Waals surface area contributed by atoms with E-state index in [4.69, 9.17) is 0 Å². The summed E-state index contributed by atoms with van der Waals surface area (Å²) >= 11 is -0.322. The Balaban J connectivity index is 2.04. The van der Waals surface area contributed by atoms with Gasteiger partial charge >= 0.3 is 0 Å². The first-order chi connectivity index (χ1) is 16.5. The van der Waals surface area contributed by atoms with Crippen LogP contribution in [-0.2, 0) is 33.2 Å². The minimum atomic E-state index is -4.31. The summed E-state index contributed by atoms with van der Waals surface area (Å²) in [4.78, 5) is 4.43. The van der Waals surface area contributed by atoms with Crippen molar-refractivity contribution in [1.29, 1.82) is 5.26 Å². The molecule has 2 aromatic carbocycles. The van der Waals surface area contributed by atoms with E-state index >= 15 is 0 Å². The number of sulfone groups is 1. The Morgan fingerprint density at radius 2 is 1.81 bits per heavy atom. The van der Waals surface area contributed by atoms with Crippen LogP contribution in [0.3, 0.4) is 0 Å². The summed E-state index contributed by atoms with van der Waals surface area (Å²) < 4.78 is 70.5. The third-order valence-corrected chi connectivity index (χ3v) is 11.2. The molecule has 0 aliphatic rings. The second kappa shape index (κ2) is 9.99. The van der Waals surface area contributed by atoms with Crippen LogP contribution in [0.5, 0.6) is 0 Å². The average molecular weight is 554 g/mol. The van der Waals surface area contributed by atoms with Gasteiger partial charge in [-0.2, -0.15) is 5.26 Å². The Morgan fingerprint density at radius 3 is 2.42 bits per heavy atom. The molecule has 36 heavy (non-hydrogen) atoms. The molecule has 0 saturated heterocycles. The number of fused-ring (bicyclic) bond motifs is 1. The van der Waals surface area contributed by atoms with Crippen molar-refractivity contribution in [3.05, 3.63) is 64.2 Å². The van der Waals surface area contributed by atoms with Crippen LogP contribution in [0.15, 0.2) is 36.4 Å². The number of nitriles is 1. The van der Waals surface area contributed by atoms with E-state index in [1.54, 1.807) is 32.9 Å². The Hall–Kier alpha value is -2.10. The van der Waals surface area contributed by atoms with Gasteiger partial charge < -0.3 is 4.55 Å². The minimum absolute atomic E-state index is 0.136. The fraction of sp³-hybridized carbons (Fsp3) is 0.440. The number of benzene rings is 2. The van der Waals surface area contributed by atoms with E-state index in [9.17, 15) is 27.0 Å². The number of nitrogens with zero attached hydrogens (tertiary/aromatic N) is 2. The second-order valence-electron chi connectivity index (χ2n) is 10.3. The van der Waals surface area contributed by atoms with Crippen molar-refractivity contribution in [3.8, 4) is 6.07 Å². The van der Waals surface area contributed by atoms with Crippen LogP contribution in [0.4, 0.5) is 8.78 Å². The van der Waals surface area contributed by atoms with Gasteiger partial charge in [0.1, 0.15) is 21.9 Å². The summed E-state index contributed by atoms with van der Waals surface area (Å²) in [5.74, 6) is -2.41. The Kier molecular flexibility index (Phi) is 7.90. The van der Waals surface area contributed by atoms with E-state index in [2.05, 4.69) is 9.71 Å². The third-order valence-electron chi connectivity index (χ3n) is 5.90. The molecular formula is C25H29F2N3O3S3. The summed E-state index contributed by atoms with van der Waals surface area (Å²) in [7, 11) is -4.31. The number of aromatic nitrogens is 1. The van der Waals surface area contributed by atoms with E-state index in [0.29, 0.717) is 11.1 Å². The van der Waals surface area contributed by atoms with Crippen LogP contribution in [-0.4, -0.2) is 33.2 Å². The Labute approximate surface area is 218 Å². The van der Waals surface area contributed by atoms with E-state index in [-0.39, 0.29) is 12.0 Å². The molecule has 1 N–H and O–H groups in total. The number of rotatable bonds is 8. The molecule has 3 aromatic rings. The number of nitrogens with one attached hydrogen (secondary N) is 1. The van der Waals surface area contributed by atoms with Crippen molar-refractivity contribution in [3.63, 3.8) is 0 Å². The molecule has 0 saturated carbocycles. The van der Waals surface area contributed by atoms with Crippen molar-refractivity contribution in [1.82, 2.24) is 9.71 Å². The zero-order valence-corrected chi connectivity index (χ0v) is 23.4. The van der Waals surface area contributed by atoms with Gasteiger partial charge in [-0.05, 0) is 77.4 Å². The maximum absolute atomic E-state index is 14.9. The van der Waals surface area contributed by atoms with Crippen LogP contribution in [0, 0.1) is 29.9 Å². The zero-order chi connectivity index (χ0) is 27.1. The van der Waals surface area contributed by atoms with Gasteiger partial charge in [0, 0.05) is 23.3 Å². The van der Waals surface area contributed by atoms with Gasteiger partial charge in [0.15, 0.2) is 14.6 Å². The first kappa shape index (κ1) is 28.5. The summed E-state index contributed by atoms with van der Waals surface area (Å²) in [6, 6.07) is 9.97. The molecule has 11 heteroatoms. The summed E-state index contributed by atoms with van der Waals surface area (Å²) in [6.07, 6.45) is -0.136. The number of hydrogen-bond donors (Lipinski definition) is 1. The van der Waals surface area contributed by atoms with Gasteiger partial charge in [-0.1, -0.05) is 6.07 Å². The molecule has 1 heterocycles. The summed E-state index contributed by atoms with van der Waals surface area (Å²) in [5, 5.41) is 10.9. The lowest BCUT2D eigenvalue weighted by Crippen LogP contribution is -2.55. The molecule has 1 unspecified atom stereocenters. The summed E-state index contributed by atoms with van der Waals surface area (Å²) in [5.41, 5.74) is -0.771. The van der Waals surface area contributed by atoms with Crippen LogP contribution in [0.25, 0.3) is 10.2 Å². The van der Waals surface area contributed by atoms with E-state index < -0.39 is 53.6 Å². The molecule has 0 aliphatic carbocycles. The number of aryl methyl sites for hydroxylation is 1. The lowest BCUT2D eigenvalue weighted by Gasteiger charge is -2.36. The molecular weight excluding hydrogens is 524 g/mol. The molecule has 0 amide bonds. The van der Waals surface area contributed by atoms with E-state index in [1.165, 1.54) is 25.2 Å². The quantitative estimate of drug-likeness (QED) is 0.390. The predicted octanol–water partition coefficient (Wildman–Crippen LogP) is 5.09. The zero-order valence-electron chi connectivity index (χ0n) is 21.0. The SMILES string of the molecule is Cc1nc2cc(CC(C)(C#N)S(=O)(=O)C[C@](C)(N[S@+]([O-])C(C)(C)C)c3cc(F)ccc3F)ccc2s1. The lowest BCUT2D eigenvalue weighted by atomic mass is 9.94. The average Bonchev–Trinajstić information content (AvgIpc) is 3.13. The van der Waals surface area contributed by atoms with E-state index in [1.807, 2.05) is 19.1 Å². The first-order valence-electron chi connectivity index (χ1n) is 11.1. The second-order valence-corrected chi connectivity index (χ2v) is 15.9. The fourth-order valence-electron chi connectivity index (χ4n) is 3.79. The predicted molar refractivity (Wildman–Crippen MR) is 141 cm³/mol. The normalized spacial score (nSPS) is 16.8. The lowest BCUT2D eigenvalue weighted by molar-refractivity contribution is 0.427. The number of thiazole rings is 1. The van der Waals surface area contributed by atoms with Gasteiger partial charge in [0.05, 0.1) is 27.0 Å². The molecule has 3 rings (SSSR count). The van der Waals surface area contributed by atoms with Crippen LogP contribution in [0.1, 0.15) is 50.8 Å². The van der Waals surface area contributed by atoms with Crippen molar-refractivity contribution >= 4 is 42.8 Å². The highest BCUT2D eigenvalue weighted by Crippen LogP contribution is 2.34. The van der Waals surface area contributed by atoms with Crippen LogP contribution in [0.2, 0.25) is 0 Å². The largest absolute Gasteiger partial charge is 0.598 e. The molecule has 6 nitrogen and oxygen atoms in total. The highest BCUT2D eigenvalue weighted by Gasteiger charge is 2.48.